The molecule has 62 heavy (non-hydrogen) atoms. The van der Waals surface area contributed by atoms with Crippen molar-refractivity contribution in [2.24, 2.45) is 29.4 Å². The summed E-state index contributed by atoms with van der Waals surface area (Å²) < 4.78 is 19.9. The van der Waals surface area contributed by atoms with Crippen LogP contribution in [0, 0.1) is 23.7 Å². The number of hydrogen-bond acceptors (Lipinski definition) is 15. The van der Waals surface area contributed by atoms with Gasteiger partial charge in [0.2, 0.25) is 5.91 Å². The van der Waals surface area contributed by atoms with E-state index in [4.69, 9.17) is 19.6 Å². The van der Waals surface area contributed by atoms with Crippen LogP contribution in [0.1, 0.15) is 50.7 Å². The molecule has 2 fully saturated rings. The number of hydrogen-bond donors (Lipinski definition) is 6. The monoisotopic (exact) mass is 886 g/mol. The number of ketones is 1. The number of benzene rings is 1. The fourth-order valence-electron chi connectivity index (χ4n) is 11.5. The standard InChI is InChI=1S/C46H54N4O10S2/c1-4-23(9-11-52)44(57)60-45(2)29(21-53)14-28-22-61-62-36-16-31-33(54)8-7-32-39(41(31)48-3)42(36)50(32)38(55)15-27-20-49-37(47)17-30(27)40(28)46(45)19-26-13-25-12-24(6-5-10-51)43(56)58-34(25)18-35(26)59-46/h4,7-8,12-14,17-18,29,31-32,36,39-42,48-49,51-53H,5-6,9-11,15-16,19-22,47H2,1-3H3/b23-4+/t29-,31-,32+,36+,39+,40+,41-,42-,45-,46-/m1/s1. The van der Waals surface area contributed by atoms with E-state index in [0.717, 1.165) is 22.3 Å². The van der Waals surface area contributed by atoms with Gasteiger partial charge in [-0.3, -0.25) is 9.59 Å². The second-order valence-corrected chi connectivity index (χ2v) is 20.3. The number of nitrogens with one attached hydrogen (secondary N) is 2. The molecule has 1 amide bonds. The van der Waals surface area contributed by atoms with Gasteiger partial charge in [-0.1, -0.05) is 45.4 Å². The maximum atomic E-state index is 14.9. The summed E-state index contributed by atoms with van der Waals surface area (Å²) in [7, 11) is 5.24. The van der Waals surface area contributed by atoms with Crippen molar-refractivity contribution >= 4 is 50.2 Å². The van der Waals surface area contributed by atoms with Crippen molar-refractivity contribution in [2.45, 2.75) is 86.9 Å². The molecule has 14 nitrogen and oxygen atoms in total. The highest BCUT2D eigenvalue weighted by molar-refractivity contribution is 8.77. The van der Waals surface area contributed by atoms with Gasteiger partial charge < -0.3 is 50.5 Å². The summed E-state index contributed by atoms with van der Waals surface area (Å²) in [6.45, 7) is 3.02. The molecule has 330 valence electrons. The highest BCUT2D eigenvalue weighted by Crippen LogP contribution is 2.60. The number of rotatable bonds is 9. The maximum Gasteiger partial charge on any atom is 0.339 e. The first-order valence-corrected chi connectivity index (χ1v) is 23.9. The number of dihydropyridines is 1. The Morgan fingerprint density at radius 3 is 2.74 bits per heavy atom. The number of nitrogens with zero attached hydrogens (tertiary/aromatic N) is 1. The van der Waals surface area contributed by atoms with Crippen molar-refractivity contribution in [1.29, 1.82) is 0 Å². The van der Waals surface area contributed by atoms with Gasteiger partial charge in [0, 0.05) is 90.0 Å². The van der Waals surface area contributed by atoms with Crippen LogP contribution < -0.4 is 26.7 Å². The van der Waals surface area contributed by atoms with Crippen LogP contribution in [-0.4, -0.2) is 112 Å². The van der Waals surface area contributed by atoms with Crippen molar-refractivity contribution in [3.05, 3.63) is 98.2 Å². The second-order valence-electron chi connectivity index (χ2n) is 17.7. The number of aliphatic hydroxyl groups excluding tert-OH is 3. The number of fused-ring (bicyclic) bond motifs is 7. The van der Waals surface area contributed by atoms with Crippen LogP contribution in [-0.2, 0) is 32.0 Å². The zero-order chi connectivity index (χ0) is 43.7. The van der Waals surface area contributed by atoms with Crippen LogP contribution in [0.2, 0.25) is 0 Å². The van der Waals surface area contributed by atoms with Gasteiger partial charge in [-0.25, -0.2) is 9.59 Å². The molecule has 4 aliphatic heterocycles. The topological polar surface area (TPSA) is 214 Å². The fourth-order valence-corrected chi connectivity index (χ4v) is 14.6. The number of aliphatic hydroxyl groups is 3. The Balaban J connectivity index is 1.23. The molecule has 1 aromatic heterocycles. The van der Waals surface area contributed by atoms with Crippen LogP contribution >= 0.6 is 21.6 Å². The summed E-state index contributed by atoms with van der Waals surface area (Å²) >= 11 is 0. The highest BCUT2D eigenvalue weighted by Gasteiger charge is 2.68. The predicted molar refractivity (Wildman–Crippen MR) is 236 cm³/mol. The molecule has 5 heterocycles. The Morgan fingerprint density at radius 1 is 1.18 bits per heavy atom. The smallest absolute Gasteiger partial charge is 0.339 e. The molecule has 7 aliphatic rings. The van der Waals surface area contributed by atoms with Crippen molar-refractivity contribution in [2.75, 3.05) is 39.2 Å². The highest BCUT2D eigenvalue weighted by atomic mass is 33.1. The van der Waals surface area contributed by atoms with Gasteiger partial charge in [-0.2, -0.15) is 0 Å². The minimum absolute atomic E-state index is 0.0184. The normalized spacial score (nSPS) is 33.8. The molecule has 3 aliphatic carbocycles. The summed E-state index contributed by atoms with van der Waals surface area (Å²) in [5.41, 5.74) is 7.32. The predicted octanol–water partition coefficient (Wildman–Crippen LogP) is 2.98. The van der Waals surface area contributed by atoms with Gasteiger partial charge in [0.15, 0.2) is 17.0 Å². The van der Waals surface area contributed by atoms with Gasteiger partial charge in [0.1, 0.15) is 11.3 Å². The summed E-state index contributed by atoms with van der Waals surface area (Å²) in [5, 5.41) is 38.1. The molecular formula is C46H54N4O10S2. The number of nitrogens with two attached hydrogens (primary N) is 1. The number of amides is 1. The SMILES string of the molecule is C/C=C(\CCO)C(=O)O[C@]1(C)[C@@H](CO)C=C2CSS[C@H]3C[C@@H]4C(=O)C=C[C@H]5[C@@H]([C@@H]4NC)[C@@H]3N5C(=O)CC3=C(C=C(N)NC3)[C@H]2[C@]12Cc1cc3cc(CCCO)c(=O)oc3cc1O2. The molecule has 0 unspecified atom stereocenters. The van der Waals surface area contributed by atoms with Crippen molar-refractivity contribution < 1.29 is 43.6 Å². The van der Waals surface area contributed by atoms with Crippen LogP contribution in [0.3, 0.4) is 0 Å². The Bertz CT molecular complexity index is 2430. The zero-order valence-electron chi connectivity index (χ0n) is 35.1. The minimum atomic E-state index is -1.57. The average Bonchev–Trinajstić information content (AvgIpc) is 3.61. The number of carbonyl (C=O) groups excluding carboxylic acids is 3. The van der Waals surface area contributed by atoms with E-state index in [1.165, 1.54) is 0 Å². The molecule has 2 bridgehead atoms. The van der Waals surface area contributed by atoms with E-state index in [9.17, 15) is 34.5 Å². The summed E-state index contributed by atoms with van der Waals surface area (Å²) in [6, 6.07) is 5.03. The molecule has 2 aromatic rings. The molecule has 1 aromatic carbocycles. The quantitative estimate of drug-likeness (QED) is 0.0703. The first-order chi connectivity index (χ1) is 29.9. The second kappa shape index (κ2) is 16.7. The lowest BCUT2D eigenvalue weighted by molar-refractivity contribution is -0.202. The van der Waals surface area contributed by atoms with E-state index in [1.807, 2.05) is 36.2 Å². The minimum Gasteiger partial charge on any atom is -0.481 e. The number of esters is 1. The molecule has 1 spiro atoms. The summed E-state index contributed by atoms with van der Waals surface area (Å²) in [5.74, 6) is -0.920. The third kappa shape index (κ3) is 6.78. The van der Waals surface area contributed by atoms with Crippen LogP contribution in [0.4, 0.5) is 0 Å². The van der Waals surface area contributed by atoms with E-state index in [2.05, 4.69) is 10.6 Å². The third-order valence-corrected chi connectivity index (χ3v) is 17.3. The van der Waals surface area contributed by atoms with Crippen molar-refractivity contribution in [1.82, 2.24) is 15.5 Å². The lowest BCUT2D eigenvalue weighted by Crippen LogP contribution is -2.75. The first-order valence-electron chi connectivity index (χ1n) is 21.5. The van der Waals surface area contributed by atoms with Gasteiger partial charge in [0.25, 0.3) is 0 Å². The molecule has 9 rings (SSSR count). The first kappa shape index (κ1) is 43.0. The van der Waals surface area contributed by atoms with E-state index >= 15 is 0 Å². The van der Waals surface area contributed by atoms with E-state index in [-0.39, 0.29) is 91.5 Å². The fraction of sp³-hybridized carbons (Fsp3) is 0.522. The van der Waals surface area contributed by atoms with E-state index in [1.54, 1.807) is 59.7 Å². The Labute approximate surface area is 367 Å². The van der Waals surface area contributed by atoms with E-state index < -0.39 is 41.2 Å². The largest absolute Gasteiger partial charge is 0.481 e. The number of ether oxygens (including phenoxy) is 2. The molecule has 0 radical (unpaired) electrons. The van der Waals surface area contributed by atoms with Gasteiger partial charge in [0.05, 0.1) is 36.9 Å². The van der Waals surface area contributed by atoms with Crippen molar-refractivity contribution in [3.63, 3.8) is 0 Å². The Kier molecular flexibility index (Phi) is 11.5. The number of aryl methyl sites for hydroxylation is 1. The number of carbonyl (C=O) groups is 3. The molecule has 7 N–H and O–H groups in total. The van der Waals surface area contributed by atoms with Gasteiger partial charge in [-0.15, -0.1) is 0 Å². The maximum absolute atomic E-state index is 14.9. The van der Waals surface area contributed by atoms with Crippen LogP contribution in [0.5, 0.6) is 5.75 Å². The Hall–Kier alpha value is -4.32. The zero-order valence-corrected chi connectivity index (χ0v) is 36.7. The Morgan fingerprint density at radius 2 is 2.00 bits per heavy atom. The average molecular weight is 887 g/mol. The van der Waals surface area contributed by atoms with Crippen LogP contribution in [0.25, 0.3) is 11.0 Å². The summed E-state index contributed by atoms with van der Waals surface area (Å²) in [4.78, 5) is 57.8. The molecule has 10 atom stereocenters. The van der Waals surface area contributed by atoms with Crippen molar-refractivity contribution in [3.8, 4) is 5.75 Å². The lowest BCUT2D eigenvalue weighted by atomic mass is 9.57. The molecule has 1 saturated heterocycles. The lowest BCUT2D eigenvalue weighted by Gasteiger charge is -2.62. The van der Waals surface area contributed by atoms with Gasteiger partial charge >= 0.3 is 11.6 Å². The van der Waals surface area contributed by atoms with E-state index in [0.29, 0.717) is 53.1 Å². The summed E-state index contributed by atoms with van der Waals surface area (Å²) in [6.07, 6.45) is 10.7. The number of allylic oxidation sites excluding steroid dienone is 3. The molecule has 1 saturated carbocycles. The van der Waals surface area contributed by atoms with Gasteiger partial charge in [-0.05, 0) is 81.2 Å². The molecular weight excluding hydrogens is 833 g/mol. The molecule has 16 heteroatoms. The van der Waals surface area contributed by atoms with Crippen LogP contribution in [0.15, 0.2) is 85.9 Å². The third-order valence-electron chi connectivity index (χ3n) is 14.5.